The second kappa shape index (κ2) is 5.26. The molecule has 0 spiro atoms. The fourth-order valence-corrected chi connectivity index (χ4v) is 3.53. The third-order valence-corrected chi connectivity index (χ3v) is 4.75. The molecule has 2 aromatic heterocycles. The first-order valence-electron chi connectivity index (χ1n) is 8.19. The highest BCUT2D eigenvalue weighted by Gasteiger charge is 2.24. The Morgan fingerprint density at radius 1 is 1.26 bits per heavy atom. The Bertz CT molecular complexity index is 903. The minimum Gasteiger partial charge on any atom is -0.383 e. The molecule has 0 amide bonds. The average molecular weight is 308 g/mol. The van der Waals surface area contributed by atoms with Crippen molar-refractivity contribution in [1.29, 1.82) is 0 Å². The van der Waals surface area contributed by atoms with E-state index < -0.39 is 0 Å². The lowest BCUT2D eigenvalue weighted by molar-refractivity contribution is 0.0949. The van der Waals surface area contributed by atoms with Crippen molar-refractivity contribution in [2.45, 2.75) is 39.2 Å². The summed E-state index contributed by atoms with van der Waals surface area (Å²) in [4.78, 5) is 13.0. The van der Waals surface area contributed by atoms with Crippen molar-refractivity contribution in [3.63, 3.8) is 0 Å². The zero-order chi connectivity index (χ0) is 16.0. The van der Waals surface area contributed by atoms with Crippen LogP contribution in [-0.4, -0.2) is 20.3 Å². The van der Waals surface area contributed by atoms with Gasteiger partial charge in [0, 0.05) is 29.2 Å². The fourth-order valence-electron chi connectivity index (χ4n) is 3.53. The first-order valence-corrected chi connectivity index (χ1v) is 8.19. The van der Waals surface area contributed by atoms with Gasteiger partial charge in [-0.3, -0.25) is 4.79 Å². The number of carbonyl (C=O) groups excluding carboxylic acids is 1. The van der Waals surface area contributed by atoms with Crippen LogP contribution in [0.2, 0.25) is 0 Å². The highest BCUT2D eigenvalue weighted by atomic mass is 16.2. The van der Waals surface area contributed by atoms with Gasteiger partial charge in [-0.1, -0.05) is 18.2 Å². The van der Waals surface area contributed by atoms with Crippen molar-refractivity contribution in [2.75, 3.05) is 5.73 Å². The normalized spacial score (nSPS) is 14.1. The maximum atomic E-state index is 13.0. The van der Waals surface area contributed by atoms with Gasteiger partial charge in [0.25, 0.3) is 5.91 Å². The number of rotatable bonds is 2. The Hall–Kier alpha value is -2.56. The number of fused-ring (bicyclic) bond motifs is 2. The number of nitrogen functional groups attached to an aromatic ring is 1. The van der Waals surface area contributed by atoms with Gasteiger partial charge in [-0.15, -0.1) is 0 Å². The topological polar surface area (TPSA) is 65.8 Å². The van der Waals surface area contributed by atoms with E-state index in [1.807, 2.05) is 30.5 Å². The highest BCUT2D eigenvalue weighted by Crippen LogP contribution is 2.28. The molecule has 4 rings (SSSR count). The summed E-state index contributed by atoms with van der Waals surface area (Å²) in [5, 5.41) is 5.45. The van der Waals surface area contributed by atoms with Crippen molar-refractivity contribution in [3.8, 4) is 0 Å². The first kappa shape index (κ1) is 14.1. The molecule has 0 aliphatic heterocycles. The van der Waals surface area contributed by atoms with Crippen molar-refractivity contribution in [2.24, 2.45) is 0 Å². The second-order valence-electron chi connectivity index (χ2n) is 6.08. The van der Waals surface area contributed by atoms with E-state index in [2.05, 4.69) is 16.6 Å². The number of hydrogen-bond acceptors (Lipinski definition) is 3. The fraction of sp³-hybridized carbons (Fsp3) is 0.333. The quantitative estimate of drug-likeness (QED) is 0.791. The SMILES string of the molecule is CCn1cc(C(=O)n2nc3c(c2N)CCCC3)c2ccccc21. The first-order chi connectivity index (χ1) is 11.2. The van der Waals surface area contributed by atoms with Crippen molar-refractivity contribution < 1.29 is 4.79 Å². The van der Waals surface area contributed by atoms with Crippen LogP contribution in [-0.2, 0) is 19.4 Å². The summed E-state index contributed by atoms with van der Waals surface area (Å²) in [5.41, 5.74) is 9.99. The van der Waals surface area contributed by atoms with Crippen LogP contribution >= 0.6 is 0 Å². The highest BCUT2D eigenvalue weighted by molar-refractivity contribution is 6.08. The predicted molar refractivity (Wildman–Crippen MR) is 90.6 cm³/mol. The summed E-state index contributed by atoms with van der Waals surface area (Å²) in [5.74, 6) is 0.373. The molecule has 1 aromatic carbocycles. The second-order valence-corrected chi connectivity index (χ2v) is 6.08. The molecule has 0 radical (unpaired) electrons. The number of nitrogens with two attached hydrogens (primary N) is 1. The van der Waals surface area contributed by atoms with Crippen LogP contribution in [0.3, 0.4) is 0 Å². The molecule has 5 nitrogen and oxygen atoms in total. The summed E-state index contributed by atoms with van der Waals surface area (Å²) in [6.07, 6.45) is 5.98. The number of aromatic nitrogens is 3. The van der Waals surface area contributed by atoms with Crippen LogP contribution in [0.15, 0.2) is 30.5 Å². The number of nitrogens with zero attached hydrogens (tertiary/aromatic N) is 3. The van der Waals surface area contributed by atoms with Gasteiger partial charge in [-0.25, -0.2) is 0 Å². The van der Waals surface area contributed by atoms with Gasteiger partial charge >= 0.3 is 0 Å². The Labute approximate surface area is 134 Å². The molecule has 0 atom stereocenters. The number of para-hydroxylation sites is 1. The maximum Gasteiger partial charge on any atom is 0.282 e. The van der Waals surface area contributed by atoms with Crippen LogP contribution in [0.4, 0.5) is 5.82 Å². The van der Waals surface area contributed by atoms with E-state index in [9.17, 15) is 4.79 Å². The molecular formula is C18H20N4O. The molecule has 1 aliphatic carbocycles. The molecule has 3 aromatic rings. The third-order valence-electron chi connectivity index (χ3n) is 4.75. The van der Waals surface area contributed by atoms with Gasteiger partial charge in [0.15, 0.2) is 0 Å². The van der Waals surface area contributed by atoms with Crippen LogP contribution in [0.5, 0.6) is 0 Å². The predicted octanol–water partition coefficient (Wildman–Crippen LogP) is 3.01. The van der Waals surface area contributed by atoms with Crippen LogP contribution in [0, 0.1) is 0 Å². The molecule has 0 unspecified atom stereocenters. The monoisotopic (exact) mass is 308 g/mol. The number of benzene rings is 1. The Morgan fingerprint density at radius 3 is 2.83 bits per heavy atom. The lowest BCUT2D eigenvalue weighted by Crippen LogP contribution is -2.16. The molecular weight excluding hydrogens is 288 g/mol. The van der Waals surface area contributed by atoms with E-state index in [-0.39, 0.29) is 5.91 Å². The van der Waals surface area contributed by atoms with Gasteiger partial charge in [-0.05, 0) is 38.7 Å². The average Bonchev–Trinajstić information content (AvgIpc) is 3.13. The minimum absolute atomic E-state index is 0.139. The summed E-state index contributed by atoms with van der Waals surface area (Å²) in [6, 6.07) is 7.96. The standard InChI is InChI=1S/C18H20N4O/c1-2-21-11-14(12-7-4-6-10-16(12)21)18(23)22-17(19)13-8-3-5-9-15(13)20-22/h4,6-7,10-11H,2-3,5,8-9,19H2,1H3. The molecule has 118 valence electrons. The van der Waals surface area contributed by atoms with Crippen molar-refractivity contribution in [1.82, 2.24) is 14.3 Å². The summed E-state index contributed by atoms with van der Waals surface area (Å²) in [7, 11) is 0. The molecule has 5 heteroatoms. The Kier molecular flexibility index (Phi) is 3.22. The summed E-state index contributed by atoms with van der Waals surface area (Å²) >= 11 is 0. The molecule has 0 bridgehead atoms. The molecule has 0 saturated heterocycles. The molecule has 1 aliphatic rings. The van der Waals surface area contributed by atoms with E-state index >= 15 is 0 Å². The maximum absolute atomic E-state index is 13.0. The van der Waals surface area contributed by atoms with Crippen molar-refractivity contribution >= 4 is 22.6 Å². The molecule has 0 saturated carbocycles. The van der Waals surface area contributed by atoms with Gasteiger partial charge in [0.1, 0.15) is 5.82 Å². The number of anilines is 1. The van der Waals surface area contributed by atoms with Gasteiger partial charge < -0.3 is 10.3 Å². The van der Waals surface area contributed by atoms with Crippen LogP contribution in [0.1, 0.15) is 41.4 Å². The lowest BCUT2D eigenvalue weighted by atomic mass is 9.98. The number of hydrogen-bond donors (Lipinski definition) is 1. The smallest absolute Gasteiger partial charge is 0.282 e. The number of carbonyl (C=O) groups is 1. The Balaban J connectivity index is 1.86. The number of aryl methyl sites for hydroxylation is 2. The van der Waals surface area contributed by atoms with E-state index in [4.69, 9.17) is 5.73 Å². The zero-order valence-corrected chi connectivity index (χ0v) is 13.2. The largest absolute Gasteiger partial charge is 0.383 e. The van der Waals surface area contributed by atoms with Gasteiger partial charge in [0.05, 0.1) is 11.3 Å². The van der Waals surface area contributed by atoms with Gasteiger partial charge in [0.2, 0.25) is 0 Å². The zero-order valence-electron chi connectivity index (χ0n) is 13.2. The van der Waals surface area contributed by atoms with E-state index in [0.29, 0.717) is 11.4 Å². The lowest BCUT2D eigenvalue weighted by Gasteiger charge is -2.08. The van der Waals surface area contributed by atoms with E-state index in [1.54, 1.807) is 0 Å². The summed E-state index contributed by atoms with van der Waals surface area (Å²) in [6.45, 7) is 2.89. The molecule has 23 heavy (non-hydrogen) atoms. The molecule has 2 N–H and O–H groups in total. The van der Waals surface area contributed by atoms with Crippen LogP contribution in [0.25, 0.3) is 10.9 Å². The van der Waals surface area contributed by atoms with Gasteiger partial charge in [-0.2, -0.15) is 9.78 Å². The Morgan fingerprint density at radius 2 is 2.04 bits per heavy atom. The molecule has 0 fully saturated rings. The van der Waals surface area contributed by atoms with Crippen LogP contribution < -0.4 is 5.73 Å². The minimum atomic E-state index is -0.139. The van der Waals surface area contributed by atoms with E-state index in [0.717, 1.165) is 54.4 Å². The van der Waals surface area contributed by atoms with E-state index in [1.165, 1.54) is 4.68 Å². The van der Waals surface area contributed by atoms with Crippen molar-refractivity contribution in [3.05, 3.63) is 47.3 Å². The summed E-state index contributed by atoms with van der Waals surface area (Å²) < 4.78 is 3.49. The molecule has 2 heterocycles. The third kappa shape index (κ3) is 2.07.